The van der Waals surface area contributed by atoms with E-state index in [1.165, 1.54) is 24.3 Å². The fourth-order valence-electron chi connectivity index (χ4n) is 4.34. The molecule has 43 heavy (non-hydrogen) atoms. The molecular weight excluding hydrogens is 628 g/mol. The number of oxime groups is 1. The smallest absolute Gasteiger partial charge is 0.374 e. The number of alkyl halides is 9. The van der Waals surface area contributed by atoms with E-state index >= 15 is 0 Å². The van der Waals surface area contributed by atoms with Gasteiger partial charge in [-0.1, -0.05) is 47.1 Å². The Kier molecular flexibility index (Phi) is 8.30. The van der Waals surface area contributed by atoms with Crippen LogP contribution in [0, 0.1) is 5.82 Å². The molecule has 1 aliphatic heterocycles. The van der Waals surface area contributed by atoms with E-state index in [0.717, 1.165) is 12.1 Å². The average Bonchev–Trinajstić information content (AvgIpc) is 3.37. The molecule has 0 aliphatic carbocycles. The third-order valence-corrected chi connectivity index (χ3v) is 6.63. The summed E-state index contributed by atoms with van der Waals surface area (Å²) < 4.78 is 135. The summed E-state index contributed by atoms with van der Waals surface area (Å²) >= 11 is 5.53. The second-order valence-electron chi connectivity index (χ2n) is 9.23. The highest BCUT2D eigenvalue weighted by atomic mass is 35.5. The maximum absolute atomic E-state index is 14.9. The lowest BCUT2D eigenvalue weighted by molar-refractivity contribution is -0.276. The van der Waals surface area contributed by atoms with Crippen molar-refractivity contribution in [2.24, 2.45) is 5.16 Å². The Morgan fingerprint density at radius 3 is 2.19 bits per heavy atom. The van der Waals surface area contributed by atoms with Crippen LogP contribution < -0.4 is 10.6 Å². The minimum atomic E-state index is -5.49. The van der Waals surface area contributed by atoms with E-state index in [9.17, 15) is 53.5 Å². The van der Waals surface area contributed by atoms with Crippen molar-refractivity contribution in [2.75, 3.05) is 13.1 Å². The SMILES string of the molecule is O=C(CNC(=O)c1ccc(C2=NOC(c3cc(C(F)(F)F)cc(Cl)c3F)(C(F)(F)F)C2)c2ccccc12)NCC(F)(F)F. The minimum absolute atomic E-state index is 0.0520. The molecular formula is C26H16ClF10N3O3. The van der Waals surface area contributed by atoms with Gasteiger partial charge in [0.2, 0.25) is 5.91 Å². The third kappa shape index (κ3) is 6.48. The largest absolute Gasteiger partial charge is 0.435 e. The minimum Gasteiger partial charge on any atom is -0.374 e. The summed E-state index contributed by atoms with van der Waals surface area (Å²) in [6.07, 6.45) is -16.6. The molecule has 0 radical (unpaired) electrons. The van der Waals surface area contributed by atoms with Gasteiger partial charge in [-0.2, -0.15) is 39.5 Å². The molecule has 2 N–H and O–H groups in total. The van der Waals surface area contributed by atoms with Crippen LogP contribution in [0.5, 0.6) is 0 Å². The van der Waals surface area contributed by atoms with E-state index in [2.05, 4.69) is 10.5 Å². The zero-order valence-electron chi connectivity index (χ0n) is 21.1. The van der Waals surface area contributed by atoms with Crippen molar-refractivity contribution >= 4 is 39.9 Å². The van der Waals surface area contributed by atoms with E-state index in [1.54, 1.807) is 5.32 Å². The van der Waals surface area contributed by atoms with Crippen LogP contribution in [0.15, 0.2) is 53.7 Å². The number of benzene rings is 3. The van der Waals surface area contributed by atoms with Crippen LogP contribution in [0.3, 0.4) is 0 Å². The molecule has 4 rings (SSSR count). The summed E-state index contributed by atoms with van der Waals surface area (Å²) in [4.78, 5) is 29.1. The molecule has 1 unspecified atom stereocenters. The Bertz CT molecular complexity index is 1620. The lowest BCUT2D eigenvalue weighted by Gasteiger charge is -2.30. The Labute approximate surface area is 239 Å². The number of carbonyl (C=O) groups excluding carboxylic acids is 2. The van der Waals surface area contributed by atoms with E-state index in [4.69, 9.17) is 16.4 Å². The molecule has 1 atom stereocenters. The molecule has 0 bridgehead atoms. The molecule has 17 heteroatoms. The number of hydrogen-bond donors (Lipinski definition) is 2. The Hall–Kier alpha value is -4.08. The molecule has 230 valence electrons. The molecule has 1 heterocycles. The molecule has 0 spiro atoms. The second kappa shape index (κ2) is 11.2. The highest BCUT2D eigenvalue weighted by Gasteiger charge is 2.64. The van der Waals surface area contributed by atoms with Crippen LogP contribution in [-0.2, 0) is 21.4 Å². The standard InChI is InChI=1S/C26H16ClF10N3O3/c27-18-8-12(25(32,33)34)7-17(21(18)28)23(26(35,36)37)9-19(40-43-23)15-5-6-16(14-4-2-1-3-13(14)15)22(42)38-10-20(41)39-11-24(29,30)31/h1-8H,9-11H2,(H,38,42)(H,39,41). The van der Waals surface area contributed by atoms with Gasteiger partial charge in [0, 0.05) is 16.7 Å². The number of nitrogens with zero attached hydrogens (tertiary/aromatic N) is 1. The molecule has 1 aliphatic rings. The van der Waals surface area contributed by atoms with Crippen LogP contribution in [-0.4, -0.2) is 43.0 Å². The number of amides is 2. The third-order valence-electron chi connectivity index (χ3n) is 6.35. The van der Waals surface area contributed by atoms with Gasteiger partial charge in [0.05, 0.1) is 29.3 Å². The fourth-order valence-corrected chi connectivity index (χ4v) is 4.56. The number of nitrogens with one attached hydrogen (secondary N) is 2. The van der Waals surface area contributed by atoms with Gasteiger partial charge in [-0.15, -0.1) is 0 Å². The lowest BCUT2D eigenvalue weighted by atomic mass is 9.84. The van der Waals surface area contributed by atoms with Crippen molar-refractivity contribution in [1.82, 2.24) is 10.6 Å². The highest BCUT2D eigenvalue weighted by Crippen LogP contribution is 2.51. The zero-order valence-corrected chi connectivity index (χ0v) is 21.8. The Balaban J connectivity index is 1.68. The zero-order chi connectivity index (χ0) is 32.0. The first-order valence-corrected chi connectivity index (χ1v) is 12.2. The first kappa shape index (κ1) is 31.8. The van der Waals surface area contributed by atoms with Crippen LogP contribution in [0.25, 0.3) is 10.8 Å². The number of carbonyl (C=O) groups is 2. The second-order valence-corrected chi connectivity index (χ2v) is 9.64. The van der Waals surface area contributed by atoms with Crippen molar-refractivity contribution in [3.05, 3.63) is 81.6 Å². The normalized spacial score (nSPS) is 17.4. The highest BCUT2D eigenvalue weighted by molar-refractivity contribution is 6.31. The summed E-state index contributed by atoms with van der Waals surface area (Å²) in [6.45, 7) is -2.45. The predicted molar refractivity (Wildman–Crippen MR) is 132 cm³/mol. The monoisotopic (exact) mass is 643 g/mol. The van der Waals surface area contributed by atoms with Crippen LogP contribution in [0.4, 0.5) is 43.9 Å². The van der Waals surface area contributed by atoms with Crippen molar-refractivity contribution < 1.29 is 58.3 Å². The molecule has 6 nitrogen and oxygen atoms in total. The van der Waals surface area contributed by atoms with E-state index < -0.39 is 83.1 Å². The summed E-state index contributed by atoms with van der Waals surface area (Å²) in [5.74, 6) is -3.85. The lowest BCUT2D eigenvalue weighted by Crippen LogP contribution is -2.43. The van der Waals surface area contributed by atoms with Gasteiger partial charge in [0.15, 0.2) is 0 Å². The van der Waals surface area contributed by atoms with Gasteiger partial charge >= 0.3 is 18.5 Å². The van der Waals surface area contributed by atoms with Gasteiger partial charge in [-0.25, -0.2) is 4.39 Å². The molecule has 3 aromatic rings. The van der Waals surface area contributed by atoms with Crippen molar-refractivity contribution in [3.63, 3.8) is 0 Å². The van der Waals surface area contributed by atoms with Crippen molar-refractivity contribution in [1.29, 1.82) is 0 Å². The van der Waals surface area contributed by atoms with Gasteiger partial charge in [0.1, 0.15) is 12.4 Å². The number of hydrogen-bond acceptors (Lipinski definition) is 4. The molecule has 3 aromatic carbocycles. The maximum atomic E-state index is 14.9. The predicted octanol–water partition coefficient (Wildman–Crippen LogP) is 6.64. The van der Waals surface area contributed by atoms with Crippen molar-refractivity contribution in [2.45, 2.75) is 30.6 Å². The Morgan fingerprint density at radius 1 is 0.930 bits per heavy atom. The summed E-state index contributed by atoms with van der Waals surface area (Å²) in [7, 11) is 0. The van der Waals surface area contributed by atoms with Gasteiger partial charge in [-0.3, -0.25) is 9.59 Å². The first-order chi connectivity index (χ1) is 19.8. The summed E-state index contributed by atoms with van der Waals surface area (Å²) in [5.41, 5.74) is -7.52. The van der Waals surface area contributed by atoms with Gasteiger partial charge < -0.3 is 15.5 Å². The number of halogens is 11. The van der Waals surface area contributed by atoms with Crippen LogP contribution >= 0.6 is 11.6 Å². The van der Waals surface area contributed by atoms with Gasteiger partial charge in [-0.05, 0) is 29.0 Å². The van der Waals surface area contributed by atoms with Crippen LogP contribution in [0.2, 0.25) is 5.02 Å². The molecule has 0 aromatic heterocycles. The van der Waals surface area contributed by atoms with Crippen LogP contribution in [0.1, 0.15) is 33.5 Å². The quantitative estimate of drug-likeness (QED) is 0.296. The first-order valence-electron chi connectivity index (χ1n) is 11.9. The maximum Gasteiger partial charge on any atom is 0.435 e. The summed E-state index contributed by atoms with van der Waals surface area (Å²) in [6, 6.07) is 7.99. The van der Waals surface area contributed by atoms with E-state index in [1.807, 2.05) is 0 Å². The Morgan fingerprint density at radius 2 is 1.58 bits per heavy atom. The number of fused-ring (bicyclic) bond motifs is 1. The fraction of sp³-hybridized carbons (Fsp3) is 0.269. The average molecular weight is 644 g/mol. The van der Waals surface area contributed by atoms with Crippen molar-refractivity contribution in [3.8, 4) is 0 Å². The summed E-state index contributed by atoms with van der Waals surface area (Å²) in [5, 5.41) is 6.14. The molecule has 2 amide bonds. The van der Waals surface area contributed by atoms with E-state index in [-0.39, 0.29) is 34.0 Å². The van der Waals surface area contributed by atoms with Gasteiger partial charge in [0.25, 0.3) is 11.5 Å². The molecule has 0 saturated heterocycles. The topological polar surface area (TPSA) is 79.8 Å². The van der Waals surface area contributed by atoms with E-state index in [0.29, 0.717) is 0 Å². The molecule has 0 fully saturated rings. The number of rotatable bonds is 6. The molecule has 0 saturated carbocycles.